The van der Waals surface area contributed by atoms with E-state index in [2.05, 4.69) is 37.4 Å². The normalized spacial score (nSPS) is 19.9. The number of hydrazone groups is 1. The van der Waals surface area contributed by atoms with Crippen LogP contribution < -0.4 is 25.9 Å². The summed E-state index contributed by atoms with van der Waals surface area (Å²) < 4.78 is 5.61. The molecule has 1 aromatic carbocycles. The largest absolute Gasteiger partial charge is 0.465 e. The molecule has 1 atom stereocenters. The molecule has 3 fully saturated rings. The van der Waals surface area contributed by atoms with Crippen molar-refractivity contribution >= 4 is 34.8 Å². The maximum absolute atomic E-state index is 13.6. The molecule has 37 heavy (non-hydrogen) atoms. The number of amides is 2. The minimum Gasteiger partial charge on any atom is -0.465 e. The lowest BCUT2D eigenvalue weighted by atomic mass is 9.88. The number of nitrogens with two attached hydrogens (primary N) is 1. The summed E-state index contributed by atoms with van der Waals surface area (Å²) in [4.78, 5) is 32.5. The number of hydrogen-bond donors (Lipinski definition) is 2. The van der Waals surface area contributed by atoms with E-state index in [-0.39, 0.29) is 12.6 Å². The molecule has 2 amide bonds. The Morgan fingerprint density at radius 2 is 1.32 bits per heavy atom. The van der Waals surface area contributed by atoms with Gasteiger partial charge in [0.25, 0.3) is 0 Å². The molecule has 204 valence electrons. The first-order chi connectivity index (χ1) is 18.0. The molecular formula is C28H44N6O3. The van der Waals surface area contributed by atoms with Crippen molar-refractivity contribution in [3.05, 3.63) is 17.7 Å². The van der Waals surface area contributed by atoms with Crippen molar-refractivity contribution in [2.45, 2.75) is 77.6 Å². The van der Waals surface area contributed by atoms with E-state index >= 15 is 0 Å². The second-order valence-electron chi connectivity index (χ2n) is 10.5. The molecule has 1 aromatic rings. The fourth-order valence-corrected chi connectivity index (χ4v) is 5.96. The number of nitrogens with one attached hydrogen (secondary N) is 1. The Morgan fingerprint density at radius 1 is 0.865 bits per heavy atom. The molecule has 0 radical (unpaired) electrons. The SMILES string of the molecule is CCOC(=O)C(/C(C)=N/NC(N)=O)c1c(N2CCCCC2)cc(N2CCCCC2)cc1N1CCCCC1. The fourth-order valence-electron chi connectivity index (χ4n) is 5.96. The van der Waals surface area contributed by atoms with Gasteiger partial charge >= 0.3 is 12.0 Å². The number of carbonyl (C=O) groups is 2. The van der Waals surface area contributed by atoms with Crippen LogP contribution in [0, 0.1) is 0 Å². The molecule has 3 aliphatic heterocycles. The summed E-state index contributed by atoms with van der Waals surface area (Å²) in [6.07, 6.45) is 10.7. The molecule has 0 aromatic heterocycles. The van der Waals surface area contributed by atoms with E-state index < -0.39 is 11.9 Å². The molecule has 0 saturated carbocycles. The zero-order chi connectivity index (χ0) is 26.2. The number of primary amides is 1. The summed E-state index contributed by atoms with van der Waals surface area (Å²) in [5.74, 6) is -1.09. The van der Waals surface area contributed by atoms with Crippen molar-refractivity contribution in [1.29, 1.82) is 0 Å². The Hall–Kier alpha value is -2.97. The summed E-state index contributed by atoms with van der Waals surface area (Å²) in [5.41, 5.74) is 12.5. The molecule has 0 bridgehead atoms. The van der Waals surface area contributed by atoms with Crippen molar-refractivity contribution in [1.82, 2.24) is 5.43 Å². The Kier molecular flexibility index (Phi) is 9.52. The Bertz CT molecular complexity index is 924. The van der Waals surface area contributed by atoms with Gasteiger partial charge in [-0.1, -0.05) is 0 Å². The van der Waals surface area contributed by atoms with E-state index in [1.807, 2.05) is 6.92 Å². The van der Waals surface area contributed by atoms with E-state index in [0.29, 0.717) is 5.71 Å². The molecule has 0 spiro atoms. The molecule has 9 heteroatoms. The van der Waals surface area contributed by atoms with Crippen molar-refractivity contribution in [3.8, 4) is 0 Å². The second kappa shape index (κ2) is 13.0. The van der Waals surface area contributed by atoms with Gasteiger partial charge < -0.3 is 25.2 Å². The number of hydrogen-bond acceptors (Lipinski definition) is 7. The molecule has 3 aliphatic rings. The highest BCUT2D eigenvalue weighted by Crippen LogP contribution is 2.43. The minimum atomic E-state index is -0.755. The first-order valence-electron chi connectivity index (χ1n) is 14.2. The number of carbonyl (C=O) groups excluding carboxylic acids is 2. The first-order valence-corrected chi connectivity index (χ1v) is 14.2. The van der Waals surface area contributed by atoms with Crippen LogP contribution in [0.5, 0.6) is 0 Å². The highest BCUT2D eigenvalue weighted by atomic mass is 16.5. The predicted octanol–water partition coefficient (Wildman–Crippen LogP) is 4.35. The van der Waals surface area contributed by atoms with Crippen LogP contribution >= 0.6 is 0 Å². The molecule has 0 aliphatic carbocycles. The lowest BCUT2D eigenvalue weighted by Gasteiger charge is -2.39. The number of ether oxygens (including phenoxy) is 1. The lowest BCUT2D eigenvalue weighted by Crippen LogP contribution is -2.37. The summed E-state index contributed by atoms with van der Waals surface area (Å²) >= 11 is 0. The number of benzene rings is 1. The van der Waals surface area contributed by atoms with E-state index in [1.165, 1.54) is 37.8 Å². The van der Waals surface area contributed by atoms with E-state index in [0.717, 1.165) is 81.9 Å². The zero-order valence-electron chi connectivity index (χ0n) is 22.6. The Labute approximate surface area is 221 Å². The lowest BCUT2D eigenvalue weighted by molar-refractivity contribution is -0.143. The van der Waals surface area contributed by atoms with Crippen molar-refractivity contribution < 1.29 is 14.3 Å². The molecule has 3 N–H and O–H groups in total. The fraction of sp³-hybridized carbons (Fsp3) is 0.679. The number of nitrogens with zero attached hydrogens (tertiary/aromatic N) is 4. The molecule has 1 unspecified atom stereocenters. The molecule has 9 nitrogen and oxygen atoms in total. The number of esters is 1. The standard InChI is InChI=1S/C28H44N6O3/c1-3-37-27(35)25(21(2)30-31-28(29)36)26-23(33-15-9-5-10-16-33)19-22(32-13-7-4-8-14-32)20-24(26)34-17-11-6-12-18-34/h19-20,25H,3-18H2,1-2H3,(H3,29,31,36)/b30-21+. The summed E-state index contributed by atoms with van der Waals surface area (Å²) in [5, 5.41) is 4.23. The molecule has 3 saturated heterocycles. The van der Waals surface area contributed by atoms with Crippen LogP contribution in [0.15, 0.2) is 17.2 Å². The number of piperidine rings is 3. The number of rotatable bonds is 8. The van der Waals surface area contributed by atoms with Gasteiger partial charge in [0.2, 0.25) is 0 Å². The Balaban J connectivity index is 1.92. The third-order valence-corrected chi connectivity index (χ3v) is 7.81. The third kappa shape index (κ3) is 6.67. The van der Waals surface area contributed by atoms with Crippen molar-refractivity contribution in [2.24, 2.45) is 10.8 Å². The molecule has 3 heterocycles. The van der Waals surface area contributed by atoms with Gasteiger partial charge in [-0.15, -0.1) is 0 Å². The topological polar surface area (TPSA) is 103 Å². The Morgan fingerprint density at radius 3 is 1.76 bits per heavy atom. The molecule has 4 rings (SSSR count). The van der Waals surface area contributed by atoms with Crippen LogP contribution in [-0.4, -0.2) is 63.6 Å². The van der Waals surface area contributed by atoms with Gasteiger partial charge in [0.1, 0.15) is 5.92 Å². The minimum absolute atomic E-state index is 0.274. The number of anilines is 3. The van der Waals surface area contributed by atoms with Crippen LogP contribution in [-0.2, 0) is 9.53 Å². The predicted molar refractivity (Wildman–Crippen MR) is 150 cm³/mol. The van der Waals surface area contributed by atoms with Crippen LogP contribution in [0.1, 0.15) is 83.1 Å². The smallest absolute Gasteiger partial charge is 0.332 e. The van der Waals surface area contributed by atoms with E-state index in [4.69, 9.17) is 10.5 Å². The highest BCUT2D eigenvalue weighted by Gasteiger charge is 2.35. The van der Waals surface area contributed by atoms with Gasteiger partial charge in [0, 0.05) is 61.9 Å². The maximum Gasteiger partial charge on any atom is 0.332 e. The van der Waals surface area contributed by atoms with Crippen molar-refractivity contribution in [3.63, 3.8) is 0 Å². The average molecular weight is 513 g/mol. The molecular weight excluding hydrogens is 468 g/mol. The van der Waals surface area contributed by atoms with Gasteiger partial charge in [0.05, 0.1) is 12.3 Å². The van der Waals surface area contributed by atoms with E-state index in [1.54, 1.807) is 6.92 Å². The van der Waals surface area contributed by atoms with Gasteiger partial charge in [-0.3, -0.25) is 4.79 Å². The second-order valence-corrected chi connectivity index (χ2v) is 10.5. The summed E-state index contributed by atoms with van der Waals surface area (Å²) in [7, 11) is 0. The average Bonchev–Trinajstić information content (AvgIpc) is 2.93. The zero-order valence-corrected chi connectivity index (χ0v) is 22.6. The third-order valence-electron chi connectivity index (χ3n) is 7.81. The van der Waals surface area contributed by atoms with E-state index in [9.17, 15) is 9.59 Å². The van der Waals surface area contributed by atoms with Crippen LogP contribution in [0.2, 0.25) is 0 Å². The van der Waals surface area contributed by atoms with Crippen LogP contribution in [0.25, 0.3) is 0 Å². The van der Waals surface area contributed by atoms with Crippen LogP contribution in [0.3, 0.4) is 0 Å². The first kappa shape index (κ1) is 27.1. The summed E-state index contributed by atoms with van der Waals surface area (Å²) in [6.45, 7) is 9.82. The summed E-state index contributed by atoms with van der Waals surface area (Å²) in [6, 6.07) is 3.83. The number of urea groups is 1. The van der Waals surface area contributed by atoms with Crippen LogP contribution in [0.4, 0.5) is 21.9 Å². The van der Waals surface area contributed by atoms with Gasteiger partial charge in [0.15, 0.2) is 0 Å². The maximum atomic E-state index is 13.6. The van der Waals surface area contributed by atoms with Gasteiger partial charge in [-0.25, -0.2) is 10.2 Å². The van der Waals surface area contributed by atoms with Gasteiger partial charge in [-0.05, 0) is 83.8 Å². The highest BCUT2D eigenvalue weighted by molar-refractivity contribution is 6.09. The van der Waals surface area contributed by atoms with Crippen molar-refractivity contribution in [2.75, 3.05) is 60.6 Å². The van der Waals surface area contributed by atoms with Gasteiger partial charge in [-0.2, -0.15) is 5.10 Å². The quantitative estimate of drug-likeness (QED) is 0.305. The monoisotopic (exact) mass is 512 g/mol.